The lowest BCUT2D eigenvalue weighted by molar-refractivity contribution is 0.102. The summed E-state index contributed by atoms with van der Waals surface area (Å²) in [5, 5.41) is 12.7. The van der Waals surface area contributed by atoms with Crippen molar-refractivity contribution in [3.8, 4) is 5.75 Å². The summed E-state index contributed by atoms with van der Waals surface area (Å²) >= 11 is 0. The molecule has 0 bridgehead atoms. The molecular formula is C17H20N2O2. The van der Waals surface area contributed by atoms with E-state index < -0.39 is 0 Å². The number of anilines is 2. The van der Waals surface area contributed by atoms with Gasteiger partial charge in [0.2, 0.25) is 0 Å². The third-order valence-corrected chi connectivity index (χ3v) is 3.35. The molecule has 4 nitrogen and oxygen atoms in total. The van der Waals surface area contributed by atoms with Gasteiger partial charge in [0.15, 0.2) is 0 Å². The van der Waals surface area contributed by atoms with Gasteiger partial charge in [-0.15, -0.1) is 0 Å². The molecule has 2 N–H and O–H groups in total. The van der Waals surface area contributed by atoms with E-state index in [4.69, 9.17) is 0 Å². The number of benzene rings is 2. The Morgan fingerprint density at radius 2 is 1.81 bits per heavy atom. The van der Waals surface area contributed by atoms with Crippen LogP contribution in [0.1, 0.15) is 21.5 Å². The van der Waals surface area contributed by atoms with E-state index in [0.717, 1.165) is 16.8 Å². The molecule has 0 fully saturated rings. The van der Waals surface area contributed by atoms with Gasteiger partial charge in [0.05, 0.1) is 5.56 Å². The van der Waals surface area contributed by atoms with Gasteiger partial charge in [-0.1, -0.05) is 12.1 Å². The average molecular weight is 284 g/mol. The molecule has 0 heterocycles. The van der Waals surface area contributed by atoms with Crippen molar-refractivity contribution in [2.24, 2.45) is 0 Å². The maximum absolute atomic E-state index is 12.2. The molecule has 1 amide bonds. The standard InChI is InChI=1S/C17H20N2O2/c1-11-5-8-14(16(20)9-11)17(21)18-13-7-6-12(2)15(10-13)19(3)4/h5-10,20H,1-4H3,(H,18,21). The van der Waals surface area contributed by atoms with E-state index in [0.29, 0.717) is 5.69 Å². The largest absolute Gasteiger partial charge is 0.507 e. The van der Waals surface area contributed by atoms with Crippen molar-refractivity contribution < 1.29 is 9.90 Å². The topological polar surface area (TPSA) is 52.6 Å². The predicted octanol–water partition coefficient (Wildman–Crippen LogP) is 3.33. The highest BCUT2D eigenvalue weighted by Crippen LogP contribution is 2.24. The van der Waals surface area contributed by atoms with Gasteiger partial charge in [0.1, 0.15) is 5.75 Å². The van der Waals surface area contributed by atoms with E-state index in [9.17, 15) is 9.90 Å². The average Bonchev–Trinajstić information content (AvgIpc) is 2.40. The van der Waals surface area contributed by atoms with Gasteiger partial charge in [-0.3, -0.25) is 4.79 Å². The van der Waals surface area contributed by atoms with E-state index in [1.807, 2.05) is 51.0 Å². The number of phenolic OH excluding ortho intramolecular Hbond substituents is 1. The molecule has 110 valence electrons. The number of carbonyl (C=O) groups is 1. The van der Waals surface area contributed by atoms with Gasteiger partial charge in [-0.2, -0.15) is 0 Å². The number of rotatable bonds is 3. The predicted molar refractivity (Wildman–Crippen MR) is 86.3 cm³/mol. The van der Waals surface area contributed by atoms with Crippen LogP contribution in [0.2, 0.25) is 0 Å². The Labute approximate surface area is 125 Å². The molecule has 0 aromatic heterocycles. The quantitative estimate of drug-likeness (QED) is 0.909. The molecule has 2 aromatic rings. The lowest BCUT2D eigenvalue weighted by atomic mass is 10.1. The first kappa shape index (κ1) is 14.9. The molecule has 0 unspecified atom stereocenters. The molecule has 21 heavy (non-hydrogen) atoms. The van der Waals surface area contributed by atoms with Gasteiger partial charge in [0, 0.05) is 25.5 Å². The number of nitrogens with zero attached hydrogens (tertiary/aromatic N) is 1. The van der Waals surface area contributed by atoms with E-state index in [1.54, 1.807) is 18.2 Å². The van der Waals surface area contributed by atoms with Crippen LogP contribution in [-0.2, 0) is 0 Å². The summed E-state index contributed by atoms with van der Waals surface area (Å²) in [5.74, 6) is -0.325. The highest BCUT2D eigenvalue weighted by molar-refractivity contribution is 6.06. The van der Waals surface area contributed by atoms with Crippen LogP contribution in [0.4, 0.5) is 11.4 Å². The molecule has 4 heteroatoms. The molecule has 0 radical (unpaired) electrons. The molecular weight excluding hydrogens is 264 g/mol. The summed E-state index contributed by atoms with van der Waals surface area (Å²) in [6, 6.07) is 10.7. The Bertz CT molecular complexity index is 678. The lowest BCUT2D eigenvalue weighted by Crippen LogP contribution is -2.14. The zero-order valence-corrected chi connectivity index (χ0v) is 12.8. The second-order valence-corrected chi connectivity index (χ2v) is 5.37. The van der Waals surface area contributed by atoms with Crippen LogP contribution in [0.3, 0.4) is 0 Å². The van der Waals surface area contributed by atoms with Crippen molar-refractivity contribution in [2.75, 3.05) is 24.3 Å². The van der Waals surface area contributed by atoms with Crippen molar-refractivity contribution in [2.45, 2.75) is 13.8 Å². The third kappa shape index (κ3) is 3.34. The second-order valence-electron chi connectivity index (χ2n) is 5.37. The van der Waals surface area contributed by atoms with Crippen LogP contribution in [0.25, 0.3) is 0 Å². The molecule has 0 saturated carbocycles. The fourth-order valence-electron chi connectivity index (χ4n) is 2.20. The van der Waals surface area contributed by atoms with E-state index in [1.165, 1.54) is 0 Å². The minimum Gasteiger partial charge on any atom is -0.507 e. The van der Waals surface area contributed by atoms with Crippen LogP contribution in [0.5, 0.6) is 5.75 Å². The Morgan fingerprint density at radius 3 is 2.43 bits per heavy atom. The third-order valence-electron chi connectivity index (χ3n) is 3.35. The number of hydrogen-bond acceptors (Lipinski definition) is 3. The molecule has 2 rings (SSSR count). The highest BCUT2D eigenvalue weighted by Gasteiger charge is 2.12. The Balaban J connectivity index is 2.25. The fourth-order valence-corrected chi connectivity index (χ4v) is 2.20. The molecule has 0 saturated heterocycles. The molecule has 2 aromatic carbocycles. The zero-order valence-electron chi connectivity index (χ0n) is 12.8. The molecule has 0 aliphatic rings. The minimum atomic E-state index is -0.318. The number of carbonyl (C=O) groups excluding carboxylic acids is 1. The van der Waals surface area contributed by atoms with Crippen LogP contribution in [0.15, 0.2) is 36.4 Å². The SMILES string of the molecule is Cc1ccc(C(=O)Nc2ccc(C)c(N(C)C)c2)c(O)c1. The molecule has 0 atom stereocenters. The first-order valence-electron chi connectivity index (χ1n) is 6.77. The van der Waals surface area contributed by atoms with Crippen LogP contribution < -0.4 is 10.2 Å². The molecule has 0 spiro atoms. The van der Waals surface area contributed by atoms with Gasteiger partial charge in [-0.25, -0.2) is 0 Å². The Kier molecular flexibility index (Phi) is 4.17. The summed E-state index contributed by atoms with van der Waals surface area (Å²) in [6.45, 7) is 3.89. The summed E-state index contributed by atoms with van der Waals surface area (Å²) in [5.41, 5.74) is 4.06. The van der Waals surface area contributed by atoms with Gasteiger partial charge in [0.25, 0.3) is 5.91 Å². The van der Waals surface area contributed by atoms with Crippen molar-refractivity contribution in [1.29, 1.82) is 0 Å². The maximum atomic E-state index is 12.2. The number of nitrogens with one attached hydrogen (secondary N) is 1. The number of amides is 1. The molecule has 0 aliphatic carbocycles. The first-order chi connectivity index (χ1) is 9.88. The lowest BCUT2D eigenvalue weighted by Gasteiger charge is -2.17. The van der Waals surface area contributed by atoms with Crippen molar-refractivity contribution in [3.05, 3.63) is 53.1 Å². The number of aryl methyl sites for hydroxylation is 2. The summed E-state index contributed by atoms with van der Waals surface area (Å²) in [4.78, 5) is 14.2. The Hall–Kier alpha value is -2.49. The van der Waals surface area contributed by atoms with Gasteiger partial charge >= 0.3 is 0 Å². The Morgan fingerprint density at radius 1 is 1.10 bits per heavy atom. The zero-order chi connectivity index (χ0) is 15.6. The second kappa shape index (κ2) is 5.87. The van der Waals surface area contributed by atoms with Crippen LogP contribution >= 0.6 is 0 Å². The van der Waals surface area contributed by atoms with Gasteiger partial charge in [-0.05, 0) is 49.2 Å². The molecule has 0 aliphatic heterocycles. The smallest absolute Gasteiger partial charge is 0.259 e. The normalized spacial score (nSPS) is 10.3. The van der Waals surface area contributed by atoms with E-state index >= 15 is 0 Å². The monoisotopic (exact) mass is 284 g/mol. The highest BCUT2D eigenvalue weighted by atomic mass is 16.3. The van der Waals surface area contributed by atoms with Crippen molar-refractivity contribution >= 4 is 17.3 Å². The fraction of sp³-hybridized carbons (Fsp3) is 0.235. The maximum Gasteiger partial charge on any atom is 0.259 e. The first-order valence-corrected chi connectivity index (χ1v) is 6.77. The van der Waals surface area contributed by atoms with E-state index in [2.05, 4.69) is 5.32 Å². The summed E-state index contributed by atoms with van der Waals surface area (Å²) < 4.78 is 0. The minimum absolute atomic E-state index is 0.00700. The van der Waals surface area contributed by atoms with E-state index in [-0.39, 0.29) is 17.2 Å². The van der Waals surface area contributed by atoms with Gasteiger partial charge < -0.3 is 15.3 Å². The van der Waals surface area contributed by atoms with Crippen molar-refractivity contribution in [1.82, 2.24) is 0 Å². The van der Waals surface area contributed by atoms with Crippen molar-refractivity contribution in [3.63, 3.8) is 0 Å². The number of phenols is 1. The van der Waals surface area contributed by atoms with Crippen LogP contribution in [-0.4, -0.2) is 25.1 Å². The number of hydrogen-bond donors (Lipinski definition) is 2. The van der Waals surface area contributed by atoms with Crippen LogP contribution in [0, 0.1) is 13.8 Å². The number of aromatic hydroxyl groups is 1. The summed E-state index contributed by atoms with van der Waals surface area (Å²) in [7, 11) is 3.92. The summed E-state index contributed by atoms with van der Waals surface area (Å²) in [6.07, 6.45) is 0.